The predicted molar refractivity (Wildman–Crippen MR) is 78.8 cm³/mol. The number of benzene rings is 1. The van der Waals surface area contributed by atoms with Crippen LogP contribution in [0.5, 0.6) is 0 Å². The Kier molecular flexibility index (Phi) is 6.50. The van der Waals surface area contributed by atoms with E-state index >= 15 is 0 Å². The third-order valence-corrected chi connectivity index (χ3v) is 3.63. The van der Waals surface area contributed by atoms with E-state index in [0.717, 1.165) is 31.4 Å². The van der Waals surface area contributed by atoms with Crippen LogP contribution in [0.4, 0.5) is 4.79 Å². The lowest BCUT2D eigenvalue weighted by atomic mass is 9.95. The second-order valence-corrected chi connectivity index (χ2v) is 5.40. The fourth-order valence-corrected chi connectivity index (χ4v) is 2.51. The Bertz CT molecular complexity index is 418. The van der Waals surface area contributed by atoms with Crippen molar-refractivity contribution in [2.75, 3.05) is 19.8 Å². The van der Waals surface area contributed by atoms with Crippen molar-refractivity contribution < 1.29 is 19.4 Å². The van der Waals surface area contributed by atoms with Gasteiger partial charge in [0.15, 0.2) is 0 Å². The molecule has 1 aliphatic heterocycles. The van der Waals surface area contributed by atoms with E-state index in [9.17, 15) is 9.90 Å². The fraction of sp³-hybridized carbons (Fsp3) is 0.562. The minimum atomic E-state index is -0.491. The highest BCUT2D eigenvalue weighted by Gasteiger charge is 2.20. The Hall–Kier alpha value is -1.59. The Morgan fingerprint density at radius 1 is 1.43 bits per heavy atom. The zero-order chi connectivity index (χ0) is 14.9. The van der Waals surface area contributed by atoms with Gasteiger partial charge in [-0.25, -0.2) is 4.79 Å². The molecular formula is C16H23NO4. The highest BCUT2D eigenvalue weighted by molar-refractivity contribution is 5.67. The van der Waals surface area contributed by atoms with Gasteiger partial charge in [0.25, 0.3) is 0 Å². The molecule has 116 valence electrons. The van der Waals surface area contributed by atoms with Crippen molar-refractivity contribution in [1.82, 2.24) is 5.32 Å². The van der Waals surface area contributed by atoms with E-state index in [0.29, 0.717) is 12.5 Å². The van der Waals surface area contributed by atoms with Crippen molar-refractivity contribution in [2.45, 2.75) is 31.9 Å². The summed E-state index contributed by atoms with van der Waals surface area (Å²) in [5.74, 6) is 0.394. The summed E-state index contributed by atoms with van der Waals surface area (Å²) in [6.07, 6.45) is 2.35. The highest BCUT2D eigenvalue weighted by atomic mass is 16.5. The minimum Gasteiger partial charge on any atom is -0.445 e. The first kappa shape index (κ1) is 15.8. The number of rotatable bonds is 6. The topological polar surface area (TPSA) is 67.8 Å². The molecular weight excluding hydrogens is 270 g/mol. The first-order valence-corrected chi connectivity index (χ1v) is 7.43. The van der Waals surface area contributed by atoms with Gasteiger partial charge in [0.1, 0.15) is 6.61 Å². The number of alkyl carbamates (subject to hydrolysis) is 1. The zero-order valence-corrected chi connectivity index (χ0v) is 12.2. The van der Waals surface area contributed by atoms with Gasteiger partial charge in [-0.05, 0) is 30.7 Å². The summed E-state index contributed by atoms with van der Waals surface area (Å²) >= 11 is 0. The van der Waals surface area contributed by atoms with E-state index in [1.807, 2.05) is 30.3 Å². The Morgan fingerprint density at radius 3 is 2.90 bits per heavy atom. The van der Waals surface area contributed by atoms with Crippen molar-refractivity contribution in [3.05, 3.63) is 35.9 Å². The van der Waals surface area contributed by atoms with E-state index in [1.165, 1.54) is 0 Å². The van der Waals surface area contributed by atoms with Crippen LogP contribution in [0, 0.1) is 5.92 Å². The van der Waals surface area contributed by atoms with Crippen molar-refractivity contribution in [3.8, 4) is 0 Å². The smallest absolute Gasteiger partial charge is 0.407 e. The van der Waals surface area contributed by atoms with Gasteiger partial charge in [-0.2, -0.15) is 0 Å². The first-order valence-electron chi connectivity index (χ1n) is 7.43. The van der Waals surface area contributed by atoms with E-state index in [4.69, 9.17) is 9.47 Å². The molecule has 1 aromatic carbocycles. The third-order valence-electron chi connectivity index (χ3n) is 3.63. The minimum absolute atomic E-state index is 0.0864. The molecule has 1 fully saturated rings. The molecule has 1 amide bonds. The summed E-state index contributed by atoms with van der Waals surface area (Å²) in [6.45, 7) is 1.67. The average Bonchev–Trinajstić information content (AvgIpc) is 2.54. The van der Waals surface area contributed by atoms with Crippen molar-refractivity contribution in [2.24, 2.45) is 5.92 Å². The first-order chi connectivity index (χ1) is 10.3. The SMILES string of the molecule is O=C(NC(CO)CC1CCCOC1)OCc1ccccc1. The number of hydrogen-bond donors (Lipinski definition) is 2. The van der Waals surface area contributed by atoms with Crippen LogP contribution in [-0.4, -0.2) is 37.1 Å². The second kappa shape index (κ2) is 8.64. The Balaban J connectivity index is 1.71. The van der Waals surface area contributed by atoms with Gasteiger partial charge in [0.05, 0.1) is 12.6 Å². The average molecular weight is 293 g/mol. The molecule has 2 unspecified atom stereocenters. The normalized spacial score (nSPS) is 19.8. The molecule has 2 rings (SSSR count). The summed E-state index contributed by atoms with van der Waals surface area (Å²) in [4.78, 5) is 11.8. The number of nitrogens with one attached hydrogen (secondary N) is 1. The van der Waals surface area contributed by atoms with Crippen LogP contribution in [-0.2, 0) is 16.1 Å². The maximum Gasteiger partial charge on any atom is 0.407 e. The second-order valence-electron chi connectivity index (χ2n) is 5.40. The van der Waals surface area contributed by atoms with Gasteiger partial charge in [0.2, 0.25) is 0 Å². The fourth-order valence-electron chi connectivity index (χ4n) is 2.51. The van der Waals surface area contributed by atoms with Crippen LogP contribution in [0.2, 0.25) is 0 Å². The maximum atomic E-state index is 11.8. The van der Waals surface area contributed by atoms with Crippen molar-refractivity contribution in [1.29, 1.82) is 0 Å². The summed E-state index contributed by atoms with van der Waals surface area (Å²) in [6, 6.07) is 9.23. The summed E-state index contributed by atoms with van der Waals surface area (Å²) in [5, 5.41) is 12.1. The molecule has 0 radical (unpaired) electrons. The lowest BCUT2D eigenvalue weighted by molar-refractivity contribution is 0.0432. The summed E-state index contributed by atoms with van der Waals surface area (Å²) < 4.78 is 10.6. The van der Waals surface area contributed by atoms with Gasteiger partial charge < -0.3 is 19.9 Å². The van der Waals surface area contributed by atoms with Crippen LogP contribution < -0.4 is 5.32 Å². The molecule has 21 heavy (non-hydrogen) atoms. The Morgan fingerprint density at radius 2 is 2.24 bits per heavy atom. The molecule has 5 nitrogen and oxygen atoms in total. The molecule has 0 bridgehead atoms. The number of carbonyl (C=O) groups excluding carboxylic acids is 1. The number of carbonyl (C=O) groups is 1. The van der Waals surface area contributed by atoms with Crippen molar-refractivity contribution >= 4 is 6.09 Å². The van der Waals surface area contributed by atoms with E-state index < -0.39 is 6.09 Å². The number of amides is 1. The van der Waals surface area contributed by atoms with Crippen LogP contribution in [0.15, 0.2) is 30.3 Å². The number of aliphatic hydroxyl groups excluding tert-OH is 1. The molecule has 1 aliphatic rings. The largest absolute Gasteiger partial charge is 0.445 e. The van der Waals surface area contributed by atoms with Crippen LogP contribution in [0.3, 0.4) is 0 Å². The lowest BCUT2D eigenvalue weighted by Crippen LogP contribution is -2.40. The van der Waals surface area contributed by atoms with Crippen molar-refractivity contribution in [3.63, 3.8) is 0 Å². The standard InChI is InChI=1S/C16H23NO4/c18-10-15(9-14-7-4-8-20-11-14)17-16(19)21-12-13-5-2-1-3-6-13/h1-3,5-6,14-15,18H,4,7-12H2,(H,17,19). The van der Waals surface area contributed by atoms with Gasteiger partial charge >= 0.3 is 6.09 Å². The number of ether oxygens (including phenoxy) is 2. The zero-order valence-electron chi connectivity index (χ0n) is 12.2. The summed E-state index contributed by atoms with van der Waals surface area (Å²) in [7, 11) is 0. The molecule has 2 N–H and O–H groups in total. The van der Waals surface area contributed by atoms with Gasteiger partial charge in [0, 0.05) is 13.2 Å². The molecule has 0 spiro atoms. The molecule has 1 aromatic rings. The summed E-state index contributed by atoms with van der Waals surface area (Å²) in [5.41, 5.74) is 0.939. The Labute approximate surface area is 125 Å². The van der Waals surface area contributed by atoms with Gasteiger partial charge in [-0.1, -0.05) is 30.3 Å². The molecule has 0 saturated carbocycles. The van der Waals surface area contributed by atoms with Gasteiger partial charge in [-0.15, -0.1) is 0 Å². The number of aliphatic hydroxyl groups is 1. The van der Waals surface area contributed by atoms with Gasteiger partial charge in [-0.3, -0.25) is 0 Å². The van der Waals surface area contributed by atoms with E-state index in [1.54, 1.807) is 0 Å². The molecule has 1 saturated heterocycles. The highest BCUT2D eigenvalue weighted by Crippen LogP contribution is 2.18. The lowest BCUT2D eigenvalue weighted by Gasteiger charge is -2.26. The van der Waals surface area contributed by atoms with Crippen LogP contribution in [0.1, 0.15) is 24.8 Å². The molecule has 2 atom stereocenters. The van der Waals surface area contributed by atoms with E-state index in [2.05, 4.69) is 5.32 Å². The predicted octanol–water partition coefficient (Wildman–Crippen LogP) is 2.09. The third kappa shape index (κ3) is 5.73. The van der Waals surface area contributed by atoms with E-state index in [-0.39, 0.29) is 19.3 Å². The quantitative estimate of drug-likeness (QED) is 0.843. The maximum absolute atomic E-state index is 11.8. The molecule has 5 heteroatoms. The molecule has 1 heterocycles. The monoisotopic (exact) mass is 293 g/mol. The molecule has 0 aliphatic carbocycles. The molecule has 0 aromatic heterocycles. The van der Waals surface area contributed by atoms with Crippen LogP contribution in [0.25, 0.3) is 0 Å². The number of hydrogen-bond acceptors (Lipinski definition) is 4. The van der Waals surface area contributed by atoms with Crippen LogP contribution >= 0.6 is 0 Å².